The Hall–Kier alpha value is -4.29. The van der Waals surface area contributed by atoms with E-state index in [0.29, 0.717) is 38.4 Å². The van der Waals surface area contributed by atoms with Gasteiger partial charge >= 0.3 is 0 Å². The Labute approximate surface area is 224 Å². The lowest BCUT2D eigenvalue weighted by Gasteiger charge is -2.20. The van der Waals surface area contributed by atoms with E-state index in [4.69, 9.17) is 4.74 Å². The maximum Gasteiger partial charge on any atom is 0.255 e. The first-order valence-corrected chi connectivity index (χ1v) is 13.2. The van der Waals surface area contributed by atoms with E-state index in [2.05, 4.69) is 26.7 Å². The minimum Gasteiger partial charge on any atom is -0.439 e. The molecule has 1 aliphatic carbocycles. The Kier molecular flexibility index (Phi) is 6.59. The van der Waals surface area contributed by atoms with Gasteiger partial charge in [-0.15, -0.1) is 0 Å². The highest BCUT2D eigenvalue weighted by atomic mass is 32.1. The third-order valence-corrected chi connectivity index (χ3v) is 7.48. The van der Waals surface area contributed by atoms with E-state index >= 15 is 0 Å². The number of fused-ring (bicyclic) bond motifs is 1. The second-order valence-electron chi connectivity index (χ2n) is 10.0. The van der Waals surface area contributed by atoms with E-state index in [9.17, 15) is 14.9 Å². The summed E-state index contributed by atoms with van der Waals surface area (Å²) in [6.07, 6.45) is 1.86. The van der Waals surface area contributed by atoms with Crippen molar-refractivity contribution < 1.29 is 14.3 Å². The van der Waals surface area contributed by atoms with Gasteiger partial charge in [-0.05, 0) is 75.4 Å². The summed E-state index contributed by atoms with van der Waals surface area (Å²) in [6.45, 7) is 7.44. The van der Waals surface area contributed by atoms with Gasteiger partial charge in [0.05, 0.1) is 11.5 Å². The zero-order chi connectivity index (χ0) is 27.0. The number of aryl methyl sites for hydroxylation is 1. The van der Waals surface area contributed by atoms with Gasteiger partial charge < -0.3 is 15.4 Å². The molecule has 0 aliphatic heterocycles. The van der Waals surface area contributed by atoms with E-state index in [-0.39, 0.29) is 17.7 Å². The molecular weight excluding hydrogens is 498 g/mol. The van der Waals surface area contributed by atoms with Crippen molar-refractivity contribution in [1.29, 1.82) is 5.26 Å². The van der Waals surface area contributed by atoms with Crippen LogP contribution in [0.2, 0.25) is 0 Å². The zero-order valence-corrected chi connectivity index (χ0v) is 22.4. The highest BCUT2D eigenvalue weighted by molar-refractivity contribution is 7.21. The van der Waals surface area contributed by atoms with Gasteiger partial charge in [-0.1, -0.05) is 29.5 Å². The lowest BCUT2D eigenvalue weighted by atomic mass is 9.82. The van der Waals surface area contributed by atoms with E-state index < -0.39 is 5.41 Å². The molecule has 9 heteroatoms. The van der Waals surface area contributed by atoms with Crippen LogP contribution >= 0.6 is 11.3 Å². The fraction of sp³-hybridized carbons (Fsp3) is 0.276. The largest absolute Gasteiger partial charge is 0.439 e. The van der Waals surface area contributed by atoms with E-state index in [0.717, 1.165) is 29.5 Å². The van der Waals surface area contributed by atoms with Gasteiger partial charge in [-0.25, -0.2) is 9.97 Å². The average Bonchev–Trinajstić information content (AvgIpc) is 3.66. The number of benzene rings is 2. The molecule has 2 heterocycles. The Morgan fingerprint density at radius 2 is 1.87 bits per heavy atom. The maximum absolute atomic E-state index is 13.1. The van der Waals surface area contributed by atoms with Crippen LogP contribution in [0, 0.1) is 31.1 Å². The normalized spacial score (nSPS) is 13.1. The van der Waals surface area contributed by atoms with Crippen LogP contribution in [0.15, 0.2) is 48.5 Å². The van der Waals surface area contributed by atoms with Crippen LogP contribution in [0.4, 0.5) is 10.8 Å². The number of nitrogens with one attached hydrogen (secondary N) is 2. The van der Waals surface area contributed by atoms with Crippen molar-refractivity contribution in [2.45, 2.75) is 46.0 Å². The Balaban J connectivity index is 1.34. The van der Waals surface area contributed by atoms with Gasteiger partial charge in [-0.2, -0.15) is 5.26 Å². The summed E-state index contributed by atoms with van der Waals surface area (Å²) in [5.41, 5.74) is 3.53. The first-order chi connectivity index (χ1) is 18.1. The summed E-state index contributed by atoms with van der Waals surface area (Å²) >= 11 is 1.30. The maximum atomic E-state index is 13.1. The molecule has 2 aromatic carbocycles. The lowest BCUT2D eigenvalue weighted by molar-refractivity contribution is -0.117. The minimum atomic E-state index is -0.707. The molecule has 2 N–H and O–H groups in total. The third kappa shape index (κ3) is 5.22. The lowest BCUT2D eigenvalue weighted by Crippen LogP contribution is -2.20. The van der Waals surface area contributed by atoms with Crippen molar-refractivity contribution in [2.75, 3.05) is 10.6 Å². The SMILES string of the molecule is Cc1ccc(NC(=O)c2cccc(C(C)(C)C#N)c2C)cc1Oc1ccc2nc(NC(=O)C3CC3)sc2n1. The van der Waals surface area contributed by atoms with Crippen molar-refractivity contribution in [3.8, 4) is 17.7 Å². The molecule has 0 spiro atoms. The number of hydrogen-bond acceptors (Lipinski definition) is 7. The number of amides is 2. The molecule has 4 aromatic rings. The fourth-order valence-electron chi connectivity index (χ4n) is 4.18. The first kappa shape index (κ1) is 25.4. The number of carbonyl (C=O) groups is 2. The number of hydrogen-bond donors (Lipinski definition) is 2. The number of rotatable bonds is 7. The molecule has 1 saturated carbocycles. The van der Waals surface area contributed by atoms with Gasteiger partial charge in [0.1, 0.15) is 16.1 Å². The molecule has 1 aliphatic rings. The molecule has 2 amide bonds. The molecule has 38 heavy (non-hydrogen) atoms. The fourth-order valence-corrected chi connectivity index (χ4v) is 5.01. The van der Waals surface area contributed by atoms with E-state index in [1.807, 2.05) is 45.9 Å². The summed E-state index contributed by atoms with van der Waals surface area (Å²) in [5, 5.41) is 15.9. The van der Waals surface area contributed by atoms with Crippen LogP contribution in [0.5, 0.6) is 11.6 Å². The van der Waals surface area contributed by atoms with Crippen LogP contribution in [-0.4, -0.2) is 21.8 Å². The van der Waals surface area contributed by atoms with Crippen molar-refractivity contribution >= 4 is 44.3 Å². The second-order valence-corrected chi connectivity index (χ2v) is 11.0. The summed E-state index contributed by atoms with van der Waals surface area (Å²) < 4.78 is 6.08. The van der Waals surface area contributed by atoms with E-state index in [1.54, 1.807) is 30.3 Å². The van der Waals surface area contributed by atoms with Crippen LogP contribution in [0.3, 0.4) is 0 Å². The molecule has 8 nitrogen and oxygen atoms in total. The molecule has 2 aromatic heterocycles. The van der Waals surface area contributed by atoms with Crippen molar-refractivity contribution in [1.82, 2.24) is 9.97 Å². The molecule has 0 unspecified atom stereocenters. The van der Waals surface area contributed by atoms with E-state index in [1.165, 1.54) is 11.3 Å². The summed E-state index contributed by atoms with van der Waals surface area (Å²) in [7, 11) is 0. The van der Waals surface area contributed by atoms with Gasteiger partial charge in [0.15, 0.2) is 5.13 Å². The molecule has 0 saturated heterocycles. The highest BCUT2D eigenvalue weighted by Crippen LogP contribution is 2.34. The standard InChI is InChI=1S/C29H27N5O3S/c1-16-8-11-19(31-26(36)20-6-5-7-21(17(20)2)29(3,4)15-30)14-23(16)37-24-13-12-22-27(33-24)38-28(32-22)34-25(35)18-9-10-18/h5-8,11-14,18H,9-10H2,1-4H3,(H,31,36)(H,32,34,35). The Morgan fingerprint density at radius 3 is 2.61 bits per heavy atom. The molecule has 0 radical (unpaired) electrons. The smallest absolute Gasteiger partial charge is 0.255 e. The summed E-state index contributed by atoms with van der Waals surface area (Å²) in [4.78, 5) is 34.9. The minimum absolute atomic E-state index is 0.00529. The van der Waals surface area contributed by atoms with Gasteiger partial charge in [0, 0.05) is 29.3 Å². The Bertz CT molecular complexity index is 1610. The van der Waals surface area contributed by atoms with Crippen LogP contribution in [-0.2, 0) is 10.2 Å². The van der Waals surface area contributed by atoms with Crippen LogP contribution in [0.1, 0.15) is 53.7 Å². The van der Waals surface area contributed by atoms with Gasteiger partial charge in [0.25, 0.3) is 5.91 Å². The molecule has 0 atom stereocenters. The number of ether oxygens (including phenoxy) is 1. The number of thiazole rings is 1. The van der Waals surface area contributed by atoms with Crippen molar-refractivity contribution in [3.63, 3.8) is 0 Å². The summed E-state index contributed by atoms with van der Waals surface area (Å²) in [6, 6.07) is 16.7. The van der Waals surface area contributed by atoms with Crippen LogP contribution < -0.4 is 15.4 Å². The Morgan fingerprint density at radius 1 is 1.08 bits per heavy atom. The monoisotopic (exact) mass is 525 g/mol. The molecule has 1 fully saturated rings. The predicted molar refractivity (Wildman–Crippen MR) is 148 cm³/mol. The van der Waals surface area contributed by atoms with Crippen LogP contribution in [0.25, 0.3) is 10.3 Å². The number of nitriles is 1. The van der Waals surface area contributed by atoms with Gasteiger partial charge in [-0.3, -0.25) is 9.59 Å². The molecule has 192 valence electrons. The number of carbonyl (C=O) groups excluding carboxylic acids is 2. The third-order valence-electron chi connectivity index (χ3n) is 6.60. The zero-order valence-electron chi connectivity index (χ0n) is 21.6. The first-order valence-electron chi connectivity index (χ1n) is 12.3. The quantitative estimate of drug-likeness (QED) is 0.284. The number of pyridine rings is 1. The topological polar surface area (TPSA) is 117 Å². The van der Waals surface area contributed by atoms with Gasteiger partial charge in [0.2, 0.25) is 11.8 Å². The molecule has 0 bridgehead atoms. The average molecular weight is 526 g/mol. The molecular formula is C29H27N5O3S. The second kappa shape index (κ2) is 9.88. The predicted octanol–water partition coefficient (Wildman–Crippen LogP) is 6.50. The number of aromatic nitrogens is 2. The van der Waals surface area contributed by atoms with Crippen molar-refractivity contribution in [2.24, 2.45) is 5.92 Å². The number of nitrogens with zero attached hydrogens (tertiary/aromatic N) is 3. The van der Waals surface area contributed by atoms with Crippen molar-refractivity contribution in [3.05, 3.63) is 70.8 Å². The summed E-state index contributed by atoms with van der Waals surface area (Å²) in [5.74, 6) is 0.776. The highest BCUT2D eigenvalue weighted by Gasteiger charge is 2.30. The number of anilines is 2. The molecule has 5 rings (SSSR count).